The molecule has 0 aromatic heterocycles. The number of fused-ring (bicyclic) bond motifs is 2. The smallest absolute Gasteiger partial charge is 0.326 e. The Bertz CT molecular complexity index is 1110. The van der Waals surface area contributed by atoms with Gasteiger partial charge in [-0.25, -0.2) is 9.59 Å². The summed E-state index contributed by atoms with van der Waals surface area (Å²) in [7, 11) is 0. The van der Waals surface area contributed by atoms with E-state index in [1.807, 2.05) is 42.5 Å². The van der Waals surface area contributed by atoms with Crippen LogP contribution in [0.5, 0.6) is 0 Å². The van der Waals surface area contributed by atoms with Crippen LogP contribution >= 0.6 is 23.2 Å². The first-order chi connectivity index (χ1) is 13.9. The number of carboxylic acids is 1. The van der Waals surface area contributed by atoms with Crippen molar-refractivity contribution in [2.24, 2.45) is 0 Å². The van der Waals surface area contributed by atoms with Crippen molar-refractivity contribution in [3.63, 3.8) is 0 Å². The summed E-state index contributed by atoms with van der Waals surface area (Å²) in [6.45, 7) is 0. The van der Waals surface area contributed by atoms with Crippen LogP contribution in [0.15, 0.2) is 54.6 Å². The summed E-state index contributed by atoms with van der Waals surface area (Å²) >= 11 is 12.4. The fourth-order valence-corrected chi connectivity index (χ4v) is 4.23. The molecule has 0 aliphatic carbocycles. The van der Waals surface area contributed by atoms with E-state index in [0.717, 1.165) is 10.8 Å². The molecule has 3 aromatic rings. The van der Waals surface area contributed by atoms with E-state index < -0.39 is 24.1 Å². The number of rotatable bonds is 3. The van der Waals surface area contributed by atoms with Gasteiger partial charge in [0.2, 0.25) is 0 Å². The Morgan fingerprint density at radius 1 is 1.07 bits per heavy atom. The molecule has 148 valence electrons. The second kappa shape index (κ2) is 7.81. The number of carbonyl (C=O) groups is 2. The van der Waals surface area contributed by atoms with E-state index in [1.165, 1.54) is 0 Å². The standard InChI is InChI=1S/C21H17Cl2N3O3/c22-12-8-14(23)19-16(9-12)24-18(20(27)28)10-17(19)26-21(29)25-15-7-3-5-11-4-1-2-6-13(11)15/h1-9,17-18,24H,10H2,(H,27,28)(H2,25,26,29)/t17-,18+/m1/s1. The fraction of sp³-hybridized carbons (Fsp3) is 0.143. The van der Waals surface area contributed by atoms with Gasteiger partial charge in [-0.15, -0.1) is 0 Å². The molecule has 1 aliphatic rings. The van der Waals surface area contributed by atoms with Gasteiger partial charge in [-0.3, -0.25) is 0 Å². The number of anilines is 2. The molecule has 0 saturated carbocycles. The molecule has 4 rings (SSSR count). The second-order valence-corrected chi connectivity index (χ2v) is 7.64. The molecule has 0 spiro atoms. The van der Waals surface area contributed by atoms with Gasteiger partial charge in [0.05, 0.1) is 11.7 Å². The van der Waals surface area contributed by atoms with Crippen molar-refractivity contribution >= 4 is 57.3 Å². The van der Waals surface area contributed by atoms with Crippen molar-refractivity contribution < 1.29 is 14.7 Å². The van der Waals surface area contributed by atoms with Crippen molar-refractivity contribution in [2.75, 3.05) is 10.6 Å². The number of hydrogen-bond acceptors (Lipinski definition) is 3. The Labute approximate surface area is 176 Å². The molecule has 2 amide bonds. The van der Waals surface area contributed by atoms with Gasteiger partial charge in [0.25, 0.3) is 0 Å². The molecular weight excluding hydrogens is 413 g/mol. The number of urea groups is 1. The molecule has 8 heteroatoms. The maximum atomic E-state index is 12.7. The number of carboxylic acid groups (broad SMARTS) is 1. The van der Waals surface area contributed by atoms with E-state index in [-0.39, 0.29) is 6.42 Å². The van der Waals surface area contributed by atoms with Gasteiger partial charge in [-0.1, -0.05) is 59.6 Å². The molecule has 6 nitrogen and oxygen atoms in total. The zero-order valence-corrected chi connectivity index (χ0v) is 16.6. The number of amides is 2. The van der Waals surface area contributed by atoms with Gasteiger partial charge in [-0.2, -0.15) is 0 Å². The molecule has 4 N–H and O–H groups in total. The van der Waals surface area contributed by atoms with Crippen molar-refractivity contribution in [2.45, 2.75) is 18.5 Å². The summed E-state index contributed by atoms with van der Waals surface area (Å²) in [5.74, 6) is -1.02. The van der Waals surface area contributed by atoms with Crippen LogP contribution in [-0.4, -0.2) is 23.1 Å². The average Bonchev–Trinajstić information content (AvgIpc) is 2.67. The first-order valence-corrected chi connectivity index (χ1v) is 9.71. The molecule has 0 saturated heterocycles. The molecule has 0 fully saturated rings. The fourth-order valence-electron chi connectivity index (χ4n) is 3.60. The van der Waals surface area contributed by atoms with Crippen LogP contribution in [0.25, 0.3) is 10.8 Å². The first kappa shape index (κ1) is 19.4. The molecule has 29 heavy (non-hydrogen) atoms. The van der Waals surface area contributed by atoms with Crippen LogP contribution in [0, 0.1) is 0 Å². The van der Waals surface area contributed by atoms with Crippen molar-refractivity contribution in [3.8, 4) is 0 Å². The number of carbonyl (C=O) groups excluding carboxylic acids is 1. The minimum Gasteiger partial charge on any atom is -0.480 e. The highest BCUT2D eigenvalue weighted by molar-refractivity contribution is 6.35. The van der Waals surface area contributed by atoms with Gasteiger partial charge in [0.15, 0.2) is 0 Å². The number of aliphatic carboxylic acids is 1. The summed E-state index contributed by atoms with van der Waals surface area (Å²) in [6.07, 6.45) is 0.145. The maximum Gasteiger partial charge on any atom is 0.326 e. The lowest BCUT2D eigenvalue weighted by atomic mass is 9.93. The third-order valence-electron chi connectivity index (χ3n) is 4.89. The molecule has 0 bridgehead atoms. The Morgan fingerprint density at radius 3 is 2.62 bits per heavy atom. The summed E-state index contributed by atoms with van der Waals surface area (Å²) < 4.78 is 0. The minimum absolute atomic E-state index is 0.145. The third kappa shape index (κ3) is 3.95. The monoisotopic (exact) mass is 429 g/mol. The summed E-state index contributed by atoms with van der Waals surface area (Å²) in [5, 5.41) is 20.7. The molecule has 0 radical (unpaired) electrons. The van der Waals surface area contributed by atoms with Crippen LogP contribution in [-0.2, 0) is 4.79 Å². The predicted octanol–water partition coefficient (Wildman–Crippen LogP) is 5.28. The van der Waals surface area contributed by atoms with Crippen LogP contribution in [0.2, 0.25) is 10.0 Å². The average molecular weight is 430 g/mol. The van der Waals surface area contributed by atoms with E-state index in [4.69, 9.17) is 23.2 Å². The molecule has 1 aliphatic heterocycles. The van der Waals surface area contributed by atoms with E-state index in [1.54, 1.807) is 12.1 Å². The number of hydrogen-bond donors (Lipinski definition) is 4. The van der Waals surface area contributed by atoms with Crippen molar-refractivity contribution in [3.05, 3.63) is 70.2 Å². The first-order valence-electron chi connectivity index (χ1n) is 8.96. The molecular formula is C21H17Cl2N3O3. The minimum atomic E-state index is -1.02. The third-order valence-corrected chi connectivity index (χ3v) is 5.42. The highest BCUT2D eigenvalue weighted by atomic mass is 35.5. The lowest BCUT2D eigenvalue weighted by molar-refractivity contribution is -0.138. The zero-order chi connectivity index (χ0) is 20.5. The van der Waals surface area contributed by atoms with Gasteiger partial charge in [0, 0.05) is 33.1 Å². The quantitative estimate of drug-likeness (QED) is 0.455. The molecule has 2 atom stereocenters. The molecule has 0 unspecified atom stereocenters. The van der Waals surface area contributed by atoms with Crippen LogP contribution < -0.4 is 16.0 Å². The molecule has 1 heterocycles. The van der Waals surface area contributed by atoms with Crippen molar-refractivity contribution in [1.82, 2.24) is 5.32 Å². The van der Waals surface area contributed by atoms with Gasteiger partial charge < -0.3 is 21.1 Å². The normalized spacial score (nSPS) is 17.9. The van der Waals surface area contributed by atoms with E-state index >= 15 is 0 Å². The second-order valence-electron chi connectivity index (χ2n) is 6.80. The summed E-state index contributed by atoms with van der Waals surface area (Å²) in [6, 6.07) is 14.6. The Hall–Kier alpha value is -2.96. The van der Waals surface area contributed by atoms with Crippen LogP contribution in [0.4, 0.5) is 16.2 Å². The summed E-state index contributed by atoms with van der Waals surface area (Å²) in [4.78, 5) is 24.3. The van der Waals surface area contributed by atoms with Crippen LogP contribution in [0.1, 0.15) is 18.0 Å². The Morgan fingerprint density at radius 2 is 1.83 bits per heavy atom. The predicted molar refractivity (Wildman–Crippen MR) is 115 cm³/mol. The van der Waals surface area contributed by atoms with Crippen LogP contribution in [0.3, 0.4) is 0 Å². The van der Waals surface area contributed by atoms with Gasteiger partial charge in [0.1, 0.15) is 6.04 Å². The number of halogens is 2. The lowest BCUT2D eigenvalue weighted by Crippen LogP contribution is -2.42. The zero-order valence-electron chi connectivity index (χ0n) is 15.1. The van der Waals surface area contributed by atoms with E-state index in [9.17, 15) is 14.7 Å². The maximum absolute atomic E-state index is 12.7. The SMILES string of the molecule is O=C(Nc1cccc2ccccc12)N[C@@H]1C[C@@H](C(=O)O)Nc2cc(Cl)cc(Cl)c21. The van der Waals surface area contributed by atoms with E-state index in [2.05, 4.69) is 16.0 Å². The number of benzene rings is 3. The van der Waals surface area contributed by atoms with Gasteiger partial charge in [-0.05, 0) is 23.6 Å². The Balaban J connectivity index is 1.61. The summed E-state index contributed by atoms with van der Waals surface area (Å²) in [5.41, 5.74) is 1.77. The van der Waals surface area contributed by atoms with Crippen molar-refractivity contribution in [1.29, 1.82) is 0 Å². The topological polar surface area (TPSA) is 90.5 Å². The highest BCUT2D eigenvalue weighted by Crippen LogP contribution is 2.40. The Kier molecular flexibility index (Phi) is 5.22. The van der Waals surface area contributed by atoms with Gasteiger partial charge >= 0.3 is 12.0 Å². The lowest BCUT2D eigenvalue weighted by Gasteiger charge is -2.32. The van der Waals surface area contributed by atoms with E-state index in [0.29, 0.717) is 27.0 Å². The largest absolute Gasteiger partial charge is 0.480 e. The molecule has 3 aromatic carbocycles. The number of nitrogens with one attached hydrogen (secondary N) is 3. The highest BCUT2D eigenvalue weighted by Gasteiger charge is 2.33.